The van der Waals surface area contributed by atoms with Gasteiger partial charge in [-0.2, -0.15) is 0 Å². The molecule has 0 radical (unpaired) electrons. The third-order valence-corrected chi connectivity index (χ3v) is 5.94. The Labute approximate surface area is 164 Å². The molecule has 0 unspecified atom stereocenters. The molecule has 0 aromatic heterocycles. The summed E-state index contributed by atoms with van der Waals surface area (Å²) in [5, 5.41) is 0. The second-order valence-electron chi connectivity index (χ2n) is 8.56. The number of hydrogen-bond donors (Lipinski definition) is 0. The molecule has 2 aliphatic rings. The summed E-state index contributed by atoms with van der Waals surface area (Å²) < 4.78 is 17.0. The highest BCUT2D eigenvalue weighted by Crippen LogP contribution is 2.43. The molecule has 152 valence electrons. The lowest BCUT2D eigenvalue weighted by molar-refractivity contribution is -0.140. The summed E-state index contributed by atoms with van der Waals surface area (Å²) in [6.45, 7) is 10.4. The van der Waals surface area contributed by atoms with E-state index in [1.54, 1.807) is 7.11 Å². The summed E-state index contributed by atoms with van der Waals surface area (Å²) in [4.78, 5) is 11.3. The molecule has 1 fully saturated rings. The van der Waals surface area contributed by atoms with Gasteiger partial charge in [0.15, 0.2) is 0 Å². The zero-order chi connectivity index (χ0) is 20.1. The molecule has 4 heteroatoms. The van der Waals surface area contributed by atoms with Crippen LogP contribution in [0, 0.1) is 0 Å². The van der Waals surface area contributed by atoms with Crippen LogP contribution in [0.5, 0.6) is 0 Å². The summed E-state index contributed by atoms with van der Waals surface area (Å²) >= 11 is 0. The van der Waals surface area contributed by atoms with E-state index in [1.807, 2.05) is 0 Å². The molecule has 2 rings (SSSR count). The predicted octanol–water partition coefficient (Wildman–Crippen LogP) is 5.29. The molecule has 2 atom stereocenters. The van der Waals surface area contributed by atoms with Crippen LogP contribution < -0.4 is 0 Å². The van der Waals surface area contributed by atoms with Gasteiger partial charge in [-0.1, -0.05) is 23.8 Å². The number of epoxide rings is 1. The van der Waals surface area contributed by atoms with Gasteiger partial charge in [-0.25, -0.2) is 0 Å². The first kappa shape index (κ1) is 21.9. The van der Waals surface area contributed by atoms with Crippen molar-refractivity contribution in [2.45, 2.75) is 90.4 Å². The fourth-order valence-electron chi connectivity index (χ4n) is 3.56. The Morgan fingerprint density at radius 2 is 2.04 bits per heavy atom. The van der Waals surface area contributed by atoms with E-state index in [0.29, 0.717) is 12.7 Å². The van der Waals surface area contributed by atoms with E-state index in [-0.39, 0.29) is 17.2 Å². The van der Waals surface area contributed by atoms with Gasteiger partial charge in [-0.05, 0) is 77.4 Å². The van der Waals surface area contributed by atoms with Gasteiger partial charge >= 0.3 is 5.97 Å². The Kier molecular flexibility index (Phi) is 7.47. The van der Waals surface area contributed by atoms with E-state index in [1.165, 1.54) is 23.6 Å². The molecule has 1 saturated heterocycles. The molecule has 0 N–H and O–H groups in total. The normalized spacial score (nSPS) is 33.3. The van der Waals surface area contributed by atoms with E-state index in [4.69, 9.17) is 14.2 Å². The van der Waals surface area contributed by atoms with E-state index < -0.39 is 0 Å². The smallest absolute Gasteiger partial charge is 0.302 e. The number of methoxy groups -OCH3 is 1. The maximum atomic E-state index is 11.3. The average molecular weight is 377 g/mol. The predicted molar refractivity (Wildman–Crippen MR) is 109 cm³/mol. The minimum absolute atomic E-state index is 0.00643. The van der Waals surface area contributed by atoms with Crippen LogP contribution in [0.4, 0.5) is 0 Å². The third-order valence-electron chi connectivity index (χ3n) is 5.94. The monoisotopic (exact) mass is 376 g/mol. The SMILES string of the molecule is COC(C)(C)/C1=C/C=C(\C)CC[C@@H]2O[C@@]2(C)CC/C=C(\COC(C)=O)CC1. The van der Waals surface area contributed by atoms with Crippen molar-refractivity contribution in [2.75, 3.05) is 13.7 Å². The van der Waals surface area contributed by atoms with Crippen molar-refractivity contribution in [2.24, 2.45) is 0 Å². The van der Waals surface area contributed by atoms with Crippen LogP contribution in [0.3, 0.4) is 0 Å². The van der Waals surface area contributed by atoms with Crippen LogP contribution in [0.1, 0.15) is 73.1 Å². The van der Waals surface area contributed by atoms with Gasteiger partial charge in [0.05, 0.1) is 17.3 Å². The van der Waals surface area contributed by atoms with Crippen molar-refractivity contribution in [1.82, 2.24) is 0 Å². The number of hydrogen-bond acceptors (Lipinski definition) is 4. The lowest BCUT2D eigenvalue weighted by atomic mass is 9.90. The van der Waals surface area contributed by atoms with Gasteiger partial charge in [0.1, 0.15) is 6.61 Å². The van der Waals surface area contributed by atoms with E-state index in [0.717, 1.165) is 38.5 Å². The van der Waals surface area contributed by atoms with Crippen LogP contribution in [-0.4, -0.2) is 37.0 Å². The second-order valence-corrected chi connectivity index (χ2v) is 8.56. The topological polar surface area (TPSA) is 48.1 Å². The number of ether oxygens (including phenoxy) is 3. The zero-order valence-electron chi connectivity index (χ0n) is 17.9. The lowest BCUT2D eigenvalue weighted by Gasteiger charge is -2.27. The molecule has 0 saturated carbocycles. The first-order valence-electron chi connectivity index (χ1n) is 10.1. The molecule has 0 aromatic rings. The lowest BCUT2D eigenvalue weighted by Crippen LogP contribution is -2.25. The van der Waals surface area contributed by atoms with Crippen molar-refractivity contribution < 1.29 is 19.0 Å². The minimum Gasteiger partial charge on any atom is -0.461 e. The largest absolute Gasteiger partial charge is 0.461 e. The Bertz CT molecular complexity index is 626. The molecule has 27 heavy (non-hydrogen) atoms. The average Bonchev–Trinajstić information content (AvgIpc) is 3.26. The van der Waals surface area contributed by atoms with Crippen molar-refractivity contribution in [3.05, 3.63) is 34.9 Å². The summed E-state index contributed by atoms with van der Waals surface area (Å²) in [5.41, 5.74) is 3.47. The number of carbonyl (C=O) groups is 1. The van der Waals surface area contributed by atoms with Gasteiger partial charge in [-0.3, -0.25) is 4.79 Å². The Hall–Kier alpha value is -1.39. The van der Waals surface area contributed by atoms with Gasteiger partial charge in [-0.15, -0.1) is 0 Å². The highest BCUT2D eigenvalue weighted by atomic mass is 16.6. The van der Waals surface area contributed by atoms with Gasteiger partial charge in [0.2, 0.25) is 0 Å². The fraction of sp³-hybridized carbons (Fsp3) is 0.696. The number of esters is 1. The van der Waals surface area contributed by atoms with E-state index in [2.05, 4.69) is 45.9 Å². The first-order chi connectivity index (χ1) is 12.7. The fourth-order valence-corrected chi connectivity index (χ4v) is 3.56. The number of carbonyl (C=O) groups excluding carboxylic acids is 1. The number of rotatable bonds is 4. The van der Waals surface area contributed by atoms with Crippen LogP contribution in [0.25, 0.3) is 0 Å². The molecule has 0 aromatic carbocycles. The van der Waals surface area contributed by atoms with Crippen molar-refractivity contribution in [3.63, 3.8) is 0 Å². The highest BCUT2D eigenvalue weighted by molar-refractivity contribution is 5.66. The summed E-state index contributed by atoms with van der Waals surface area (Å²) in [6.07, 6.45) is 12.8. The summed E-state index contributed by atoms with van der Waals surface area (Å²) in [6, 6.07) is 0. The summed E-state index contributed by atoms with van der Waals surface area (Å²) in [5.74, 6) is -0.237. The highest BCUT2D eigenvalue weighted by Gasteiger charge is 2.50. The molecule has 4 nitrogen and oxygen atoms in total. The van der Waals surface area contributed by atoms with Crippen LogP contribution in [0.15, 0.2) is 34.9 Å². The van der Waals surface area contributed by atoms with Crippen molar-refractivity contribution in [3.8, 4) is 0 Å². The number of fused-ring (bicyclic) bond motifs is 1. The zero-order valence-corrected chi connectivity index (χ0v) is 17.9. The molecular formula is C23H36O4. The maximum absolute atomic E-state index is 11.3. The first-order valence-corrected chi connectivity index (χ1v) is 10.1. The van der Waals surface area contributed by atoms with Gasteiger partial charge < -0.3 is 14.2 Å². The quantitative estimate of drug-likeness (QED) is 0.380. The maximum Gasteiger partial charge on any atom is 0.302 e. The van der Waals surface area contributed by atoms with Gasteiger partial charge in [0.25, 0.3) is 0 Å². The standard InChI is InChI=1S/C23H36O4/c1-17-9-12-20(22(3,4)25-6)13-11-19(16-26-18(2)24)8-7-15-23(5)21(27-23)14-10-17/h8-9,12,21H,7,10-11,13-16H2,1-6H3/b17-9+,19-8-,20-12+/t21-,23-/m0/s1. The van der Waals surface area contributed by atoms with Crippen molar-refractivity contribution >= 4 is 5.97 Å². The Balaban J connectivity index is 2.22. The number of allylic oxidation sites excluding steroid dienone is 4. The summed E-state index contributed by atoms with van der Waals surface area (Å²) in [7, 11) is 1.75. The van der Waals surface area contributed by atoms with Crippen LogP contribution in [-0.2, 0) is 19.0 Å². The van der Waals surface area contributed by atoms with Crippen molar-refractivity contribution in [1.29, 1.82) is 0 Å². The minimum atomic E-state index is -0.321. The molecular weight excluding hydrogens is 340 g/mol. The molecule has 1 aliphatic heterocycles. The molecule has 1 heterocycles. The van der Waals surface area contributed by atoms with E-state index in [9.17, 15) is 4.79 Å². The second kappa shape index (κ2) is 9.20. The molecule has 1 aliphatic carbocycles. The third kappa shape index (κ3) is 6.62. The van der Waals surface area contributed by atoms with Crippen LogP contribution >= 0.6 is 0 Å². The van der Waals surface area contributed by atoms with Crippen LogP contribution in [0.2, 0.25) is 0 Å². The molecule has 0 spiro atoms. The Morgan fingerprint density at radius 1 is 1.30 bits per heavy atom. The Morgan fingerprint density at radius 3 is 2.70 bits per heavy atom. The van der Waals surface area contributed by atoms with Gasteiger partial charge in [0, 0.05) is 14.0 Å². The molecule has 0 bridgehead atoms. The van der Waals surface area contributed by atoms with E-state index >= 15 is 0 Å². The molecule has 0 amide bonds.